The van der Waals surface area contributed by atoms with E-state index in [4.69, 9.17) is 22.8 Å². The topological polar surface area (TPSA) is 34.1 Å². The summed E-state index contributed by atoms with van der Waals surface area (Å²) in [4.78, 5) is 10.3. The summed E-state index contributed by atoms with van der Waals surface area (Å²) in [6, 6.07) is 0. The normalized spacial score (nSPS) is 16.6. The Morgan fingerprint density at radius 3 is 2.55 bits per heavy atom. The van der Waals surface area contributed by atoms with Gasteiger partial charge in [-0.1, -0.05) is 6.08 Å². The number of carbonyl (C=O) groups is 1. The summed E-state index contributed by atoms with van der Waals surface area (Å²) in [5.74, 6) is 1.41. The van der Waals surface area contributed by atoms with Crippen molar-refractivity contribution in [2.75, 3.05) is 6.16 Å². The molecule has 1 atom stereocenters. The molecule has 0 aliphatic carbocycles. The Morgan fingerprint density at radius 2 is 2.18 bits per heavy atom. The molecule has 0 bridgehead atoms. The van der Waals surface area contributed by atoms with E-state index in [0.717, 1.165) is 0 Å². The molecule has 0 saturated heterocycles. The molecule has 0 saturated carbocycles. The summed E-state index contributed by atoms with van der Waals surface area (Å²) in [7, 11) is 0. The molecule has 0 aliphatic heterocycles. The van der Waals surface area contributed by atoms with Crippen LogP contribution in [0.3, 0.4) is 0 Å². The predicted octanol–water partition coefficient (Wildman–Crippen LogP) is 3.19. The standard InChI is InChI=1S/C6H9Cl2O2P/c1-2-4-11(8,10)5-3-6(7)9/h2,4H,3,5H2,1H3. The molecule has 0 aromatic rings. The number of allylic oxidation sites excluding steroid dienone is 1. The highest BCUT2D eigenvalue weighted by atomic mass is 35.7. The Bertz CT molecular complexity index is 213. The van der Waals surface area contributed by atoms with Crippen molar-refractivity contribution in [3.05, 3.63) is 11.9 Å². The van der Waals surface area contributed by atoms with Crippen LogP contribution in [0.4, 0.5) is 0 Å². The molecule has 0 aromatic heterocycles. The second kappa shape index (κ2) is 4.97. The Labute approximate surface area is 75.7 Å². The third-order valence-electron chi connectivity index (χ3n) is 0.985. The fourth-order valence-electron chi connectivity index (χ4n) is 0.537. The van der Waals surface area contributed by atoms with Crippen LogP contribution in [-0.4, -0.2) is 11.4 Å². The molecule has 2 nitrogen and oxygen atoms in total. The van der Waals surface area contributed by atoms with Crippen molar-refractivity contribution in [3.63, 3.8) is 0 Å². The average molecular weight is 215 g/mol. The molecule has 0 aromatic carbocycles. The van der Waals surface area contributed by atoms with Crippen LogP contribution in [-0.2, 0) is 9.36 Å². The maximum absolute atomic E-state index is 11.2. The van der Waals surface area contributed by atoms with Gasteiger partial charge in [-0.2, -0.15) is 0 Å². The zero-order valence-corrected chi connectivity index (χ0v) is 8.49. The molecule has 0 spiro atoms. The van der Waals surface area contributed by atoms with Crippen LogP contribution in [0.25, 0.3) is 0 Å². The zero-order valence-electron chi connectivity index (χ0n) is 6.09. The summed E-state index contributed by atoms with van der Waals surface area (Å²) in [6.07, 6.45) is 1.81. The monoisotopic (exact) mass is 214 g/mol. The van der Waals surface area contributed by atoms with Gasteiger partial charge < -0.3 is 4.57 Å². The van der Waals surface area contributed by atoms with Crippen LogP contribution < -0.4 is 0 Å². The number of hydrogen-bond donors (Lipinski definition) is 0. The zero-order chi connectivity index (χ0) is 8.91. The molecular weight excluding hydrogens is 206 g/mol. The SMILES string of the molecule is CC=CP(=O)(Cl)CCC(=O)Cl. The van der Waals surface area contributed by atoms with Crippen molar-refractivity contribution in [2.45, 2.75) is 13.3 Å². The molecule has 0 amide bonds. The molecule has 0 radical (unpaired) electrons. The van der Waals surface area contributed by atoms with Gasteiger partial charge in [-0.3, -0.25) is 4.79 Å². The van der Waals surface area contributed by atoms with Crippen molar-refractivity contribution in [2.24, 2.45) is 0 Å². The summed E-state index contributed by atoms with van der Waals surface area (Å²) >= 11 is 10.6. The molecule has 64 valence electrons. The average Bonchev–Trinajstić information content (AvgIpc) is 1.84. The maximum Gasteiger partial charge on any atom is 0.222 e. The van der Waals surface area contributed by atoms with Crippen LogP contribution in [0.1, 0.15) is 13.3 Å². The van der Waals surface area contributed by atoms with Crippen molar-refractivity contribution in [1.29, 1.82) is 0 Å². The van der Waals surface area contributed by atoms with E-state index in [1.54, 1.807) is 13.0 Å². The van der Waals surface area contributed by atoms with Crippen LogP contribution >= 0.6 is 29.3 Å². The van der Waals surface area contributed by atoms with E-state index in [1.807, 2.05) is 0 Å². The molecule has 11 heavy (non-hydrogen) atoms. The third-order valence-corrected chi connectivity index (χ3v) is 3.60. The molecule has 0 aliphatic rings. The minimum Gasteiger partial charge on any atom is -0.302 e. The van der Waals surface area contributed by atoms with E-state index in [-0.39, 0.29) is 12.6 Å². The first-order valence-electron chi connectivity index (χ1n) is 3.08. The second-order valence-electron chi connectivity index (χ2n) is 2.01. The van der Waals surface area contributed by atoms with Gasteiger partial charge in [0.05, 0.1) is 0 Å². The van der Waals surface area contributed by atoms with Gasteiger partial charge in [0.15, 0.2) is 6.49 Å². The fraction of sp³-hybridized carbons (Fsp3) is 0.500. The van der Waals surface area contributed by atoms with E-state index >= 15 is 0 Å². The first kappa shape index (κ1) is 11.2. The Hall–Kier alpha value is 0.220. The highest BCUT2D eigenvalue weighted by molar-refractivity contribution is 7.91. The van der Waals surface area contributed by atoms with Gasteiger partial charge in [-0.25, -0.2) is 0 Å². The minimum absolute atomic E-state index is 0.0622. The first-order valence-corrected chi connectivity index (χ1v) is 6.33. The van der Waals surface area contributed by atoms with Crippen molar-refractivity contribution in [1.82, 2.24) is 0 Å². The number of carbonyl (C=O) groups excluding carboxylic acids is 1. The number of halogens is 2. The maximum atomic E-state index is 11.2. The van der Waals surface area contributed by atoms with Crippen LogP contribution in [0.15, 0.2) is 11.9 Å². The molecule has 5 heteroatoms. The van der Waals surface area contributed by atoms with Crippen molar-refractivity contribution >= 4 is 34.6 Å². The molecule has 1 unspecified atom stereocenters. The minimum atomic E-state index is -2.76. The predicted molar refractivity (Wildman–Crippen MR) is 48.6 cm³/mol. The van der Waals surface area contributed by atoms with Crippen LogP contribution in [0.2, 0.25) is 0 Å². The molecule has 0 N–H and O–H groups in total. The van der Waals surface area contributed by atoms with E-state index in [0.29, 0.717) is 0 Å². The van der Waals surface area contributed by atoms with Gasteiger partial charge in [0.25, 0.3) is 0 Å². The lowest BCUT2D eigenvalue weighted by molar-refractivity contribution is -0.111. The third kappa shape index (κ3) is 6.61. The fourth-order valence-corrected chi connectivity index (χ4v) is 2.46. The largest absolute Gasteiger partial charge is 0.302 e. The van der Waals surface area contributed by atoms with Gasteiger partial charge in [-0.05, 0) is 35.6 Å². The second-order valence-corrected chi connectivity index (χ2v) is 6.30. The van der Waals surface area contributed by atoms with Crippen LogP contribution in [0.5, 0.6) is 0 Å². The lowest BCUT2D eigenvalue weighted by Gasteiger charge is -2.00. The summed E-state index contributed by atoms with van der Waals surface area (Å²) in [5.41, 5.74) is 0. The van der Waals surface area contributed by atoms with Crippen LogP contribution in [0, 0.1) is 0 Å². The van der Waals surface area contributed by atoms with E-state index in [2.05, 4.69) is 0 Å². The number of hydrogen-bond acceptors (Lipinski definition) is 2. The quantitative estimate of drug-likeness (QED) is 0.533. The van der Waals surface area contributed by atoms with E-state index in [9.17, 15) is 9.36 Å². The Kier molecular flexibility index (Phi) is 5.07. The van der Waals surface area contributed by atoms with Gasteiger partial charge in [0.1, 0.15) is 0 Å². The summed E-state index contributed by atoms with van der Waals surface area (Å²) in [6.45, 7) is -1.04. The van der Waals surface area contributed by atoms with E-state index in [1.165, 1.54) is 5.82 Å². The highest BCUT2D eigenvalue weighted by Gasteiger charge is 2.14. The first-order chi connectivity index (χ1) is 4.98. The number of rotatable bonds is 4. The molecule has 0 rings (SSSR count). The van der Waals surface area contributed by atoms with E-state index < -0.39 is 11.7 Å². The van der Waals surface area contributed by atoms with Gasteiger partial charge >= 0.3 is 0 Å². The van der Waals surface area contributed by atoms with Gasteiger partial charge in [-0.15, -0.1) is 0 Å². The lowest BCUT2D eigenvalue weighted by atomic mass is 10.5. The highest BCUT2D eigenvalue weighted by Crippen LogP contribution is 2.53. The molecule has 0 fully saturated rings. The Morgan fingerprint density at radius 1 is 1.64 bits per heavy atom. The molecular formula is C6H9Cl2O2P. The lowest BCUT2D eigenvalue weighted by Crippen LogP contribution is -1.89. The Balaban J connectivity index is 3.93. The summed E-state index contributed by atoms with van der Waals surface area (Å²) < 4.78 is 11.2. The van der Waals surface area contributed by atoms with Gasteiger partial charge in [0.2, 0.25) is 5.24 Å². The van der Waals surface area contributed by atoms with Gasteiger partial charge in [0, 0.05) is 12.6 Å². The van der Waals surface area contributed by atoms with Crippen molar-refractivity contribution < 1.29 is 9.36 Å². The smallest absolute Gasteiger partial charge is 0.222 e. The van der Waals surface area contributed by atoms with Crippen molar-refractivity contribution in [3.8, 4) is 0 Å². The molecule has 0 heterocycles. The summed E-state index contributed by atoms with van der Waals surface area (Å²) in [5, 5.41) is -0.504.